The van der Waals surface area contributed by atoms with Gasteiger partial charge in [0, 0.05) is 59.2 Å². The van der Waals surface area contributed by atoms with Crippen molar-refractivity contribution in [1.29, 1.82) is 0 Å². The maximum atomic E-state index is 13.2. The van der Waals surface area contributed by atoms with Crippen LogP contribution in [0.3, 0.4) is 0 Å². The second kappa shape index (κ2) is 25.2. The number of benzene rings is 3. The Hall–Kier alpha value is -7.33. The van der Waals surface area contributed by atoms with Gasteiger partial charge in [0.1, 0.15) is 68.4 Å². The van der Waals surface area contributed by atoms with E-state index in [1.54, 1.807) is 105 Å². The molecule has 5 aromatic heterocycles. The molecule has 0 radical (unpaired) electrons. The maximum Gasteiger partial charge on any atom is 0.277 e. The molecular weight excluding hydrogens is 1160 g/mol. The Bertz CT molecular complexity index is 3700. The number of nitrogens with zero attached hydrogens (tertiary/aromatic N) is 6. The number of aromatic amines is 1. The van der Waals surface area contributed by atoms with Crippen molar-refractivity contribution in [1.82, 2.24) is 44.7 Å². The Balaban J connectivity index is 0.000000169. The normalized spacial score (nSPS) is 15.4. The minimum Gasteiger partial charge on any atom is -0.384 e. The van der Waals surface area contributed by atoms with Gasteiger partial charge < -0.3 is 32.4 Å². The van der Waals surface area contributed by atoms with Crippen LogP contribution in [0.25, 0.3) is 0 Å². The average molecular weight is 1200 g/mol. The number of fused-ring (bicyclic) bond motifs is 2. The number of nitrogens with two attached hydrogens (primary N) is 2. The molecule has 2 atom stereocenters. The summed E-state index contributed by atoms with van der Waals surface area (Å²) in [6.45, 7) is 4.89. The van der Waals surface area contributed by atoms with E-state index in [1.807, 2.05) is 0 Å². The smallest absolute Gasteiger partial charge is 0.277 e. The van der Waals surface area contributed by atoms with Crippen LogP contribution in [0, 0.1) is 0 Å². The number of carbonyl (C=O) groups excluding carboxylic acids is 4. The standard InChI is InChI=1S/C18H13Cl2N5O2.C14H9Cl3N2O2.C8H6Cl2O.C6H5ClN2O2.C4H5N3/c1-18(10-6-11(19)8-12(20)7-10)24-16(26)14-3-2-13(17(27)25(14)18)23-15-4-5-21-9-22-15;1-14(7-4-8(15)6-9(16)5-7)18-12(20)11-3-2-10(17)13(21)19(11)14;1-5(11)6-2-7(9)4-8(10)3-6;7-3-1-2-4(5(8)10)9-6(3)11;5-4-1-2-6-3-7-4/h2-9H,1H3,(H,24,26)(H,21,22,23);2-6H,1H3,(H,18,20);2-4H,1H3;1-2H,(H2,8,10)(H,9,11);1-3H,(H2,5,6,7). The fraction of sp³-hybridized carbons (Fsp3) is 0.100. The molecule has 0 saturated carbocycles. The number of Topliss-reactive ketones (excluding diaryl/α,β-unsaturated/α-hetero) is 1. The van der Waals surface area contributed by atoms with E-state index >= 15 is 0 Å². The van der Waals surface area contributed by atoms with Crippen molar-refractivity contribution < 1.29 is 19.2 Å². The molecule has 8 N–H and O–H groups in total. The number of ketones is 1. The summed E-state index contributed by atoms with van der Waals surface area (Å²) in [5.74, 6) is -0.461. The van der Waals surface area contributed by atoms with E-state index in [9.17, 15) is 33.6 Å². The molecule has 10 rings (SSSR count). The molecular formula is C50H38Cl8N12O7. The van der Waals surface area contributed by atoms with E-state index in [2.05, 4.69) is 40.9 Å². The molecule has 7 heterocycles. The molecule has 8 aromatic rings. The van der Waals surface area contributed by atoms with Gasteiger partial charge in [-0.15, -0.1) is 0 Å². The summed E-state index contributed by atoms with van der Waals surface area (Å²) in [5.41, 5.74) is 9.04. The summed E-state index contributed by atoms with van der Waals surface area (Å²) >= 11 is 46.9. The Kier molecular flexibility index (Phi) is 19.3. The van der Waals surface area contributed by atoms with E-state index in [0.29, 0.717) is 58.5 Å². The number of hydrogen-bond acceptors (Lipinski definition) is 13. The Labute approximate surface area is 476 Å². The van der Waals surface area contributed by atoms with Gasteiger partial charge in [0.05, 0.1) is 0 Å². The first kappa shape index (κ1) is 58.9. The zero-order chi connectivity index (χ0) is 56.5. The number of aromatic nitrogens is 7. The van der Waals surface area contributed by atoms with Crippen LogP contribution in [0.5, 0.6) is 0 Å². The highest BCUT2D eigenvalue weighted by Crippen LogP contribution is 2.34. The van der Waals surface area contributed by atoms with Crippen molar-refractivity contribution in [2.75, 3.05) is 11.1 Å². The third-order valence-corrected chi connectivity index (χ3v) is 12.8. The van der Waals surface area contributed by atoms with Crippen molar-refractivity contribution in [2.45, 2.75) is 32.1 Å². The Morgan fingerprint density at radius 3 is 1.44 bits per heavy atom. The van der Waals surface area contributed by atoms with Crippen LogP contribution >= 0.6 is 92.8 Å². The second-order valence-electron chi connectivity index (χ2n) is 16.3. The number of nitrogens with one attached hydrogen (secondary N) is 4. The third kappa shape index (κ3) is 14.4. The summed E-state index contributed by atoms with van der Waals surface area (Å²) in [6.07, 6.45) is 5.94. The van der Waals surface area contributed by atoms with Crippen LogP contribution in [0.15, 0.2) is 143 Å². The lowest BCUT2D eigenvalue weighted by Crippen LogP contribution is -2.46. The van der Waals surface area contributed by atoms with E-state index in [0.717, 1.165) is 0 Å². The quantitative estimate of drug-likeness (QED) is 0.0846. The van der Waals surface area contributed by atoms with Gasteiger partial charge in [-0.2, -0.15) is 0 Å². The monoisotopic (exact) mass is 1200 g/mol. The van der Waals surface area contributed by atoms with Crippen molar-refractivity contribution in [3.8, 4) is 0 Å². The van der Waals surface area contributed by atoms with E-state index in [-0.39, 0.29) is 56.0 Å². The van der Waals surface area contributed by atoms with E-state index < -0.39 is 28.4 Å². The summed E-state index contributed by atoms with van der Waals surface area (Å²) < 4.78 is 2.71. The average Bonchev–Trinajstić information content (AvgIpc) is 3.99. The highest BCUT2D eigenvalue weighted by Gasteiger charge is 2.43. The molecule has 396 valence electrons. The van der Waals surface area contributed by atoms with Crippen LogP contribution in [-0.4, -0.2) is 57.6 Å². The van der Waals surface area contributed by atoms with Gasteiger partial charge in [-0.1, -0.05) is 92.8 Å². The topological polar surface area (TPSA) is 285 Å². The minimum atomic E-state index is -1.14. The Morgan fingerprint density at radius 2 is 1.03 bits per heavy atom. The lowest BCUT2D eigenvalue weighted by Gasteiger charge is -2.28. The number of amides is 3. The Morgan fingerprint density at radius 1 is 0.571 bits per heavy atom. The number of anilines is 3. The molecule has 77 heavy (non-hydrogen) atoms. The van der Waals surface area contributed by atoms with Gasteiger partial charge in [-0.3, -0.25) is 42.7 Å². The number of pyridine rings is 3. The molecule has 2 aliphatic rings. The molecule has 2 unspecified atom stereocenters. The third-order valence-electron chi connectivity index (χ3n) is 10.9. The number of hydrogen-bond donors (Lipinski definition) is 6. The van der Waals surface area contributed by atoms with Gasteiger partial charge in [0.15, 0.2) is 5.78 Å². The van der Waals surface area contributed by atoms with Gasteiger partial charge >= 0.3 is 0 Å². The first-order valence-corrected chi connectivity index (χ1v) is 24.8. The molecule has 0 bridgehead atoms. The molecule has 27 heteroatoms. The van der Waals surface area contributed by atoms with Crippen LogP contribution in [-0.2, 0) is 11.3 Å². The van der Waals surface area contributed by atoms with Crippen molar-refractivity contribution in [2.24, 2.45) is 5.73 Å². The largest absolute Gasteiger partial charge is 0.384 e. The van der Waals surface area contributed by atoms with E-state index in [4.69, 9.17) is 104 Å². The predicted molar refractivity (Wildman–Crippen MR) is 299 cm³/mol. The maximum absolute atomic E-state index is 13.2. The summed E-state index contributed by atoms with van der Waals surface area (Å²) in [4.78, 5) is 99.5. The number of H-pyrrole nitrogens is 1. The second-order valence-corrected chi connectivity index (χ2v) is 19.8. The van der Waals surface area contributed by atoms with Crippen LogP contribution in [0.1, 0.15) is 73.7 Å². The molecule has 3 amide bonds. The zero-order valence-electron chi connectivity index (χ0n) is 39.8. The SMILES string of the molecule is CC(=O)c1cc(Cl)cc(Cl)c1.CC1(c2cc(Cl)cc(Cl)c2)NC(=O)c2ccc(Cl)c(=O)n21.CC1(c2cc(Cl)cc(Cl)c2)NC(=O)c2ccc(Nc3ccncn3)c(=O)n21.NC(=O)c1ccc(Cl)c(=O)[nH]1.Nc1ccncn1. The van der Waals surface area contributed by atoms with Crippen molar-refractivity contribution in [3.63, 3.8) is 0 Å². The zero-order valence-corrected chi connectivity index (χ0v) is 45.9. The summed E-state index contributed by atoms with van der Waals surface area (Å²) in [6, 6.07) is 26.6. The highest BCUT2D eigenvalue weighted by atomic mass is 35.5. The molecule has 19 nitrogen and oxygen atoms in total. The lowest BCUT2D eigenvalue weighted by molar-refractivity contribution is 0.0932. The lowest BCUT2D eigenvalue weighted by atomic mass is 10.0. The van der Waals surface area contributed by atoms with Crippen LogP contribution in [0.2, 0.25) is 40.2 Å². The number of rotatable bonds is 6. The number of halogens is 8. The highest BCUT2D eigenvalue weighted by molar-refractivity contribution is 6.36. The first-order valence-electron chi connectivity index (χ1n) is 21.8. The number of carbonyl (C=O) groups is 4. The van der Waals surface area contributed by atoms with Gasteiger partial charge in [-0.25, -0.2) is 19.9 Å². The van der Waals surface area contributed by atoms with Gasteiger partial charge in [0.25, 0.3) is 34.4 Å². The molecule has 0 saturated heterocycles. The fourth-order valence-corrected chi connectivity index (χ4v) is 9.14. The molecule has 2 aliphatic heterocycles. The first-order chi connectivity index (χ1) is 36.3. The van der Waals surface area contributed by atoms with Crippen LogP contribution < -0.4 is 44.1 Å². The summed E-state index contributed by atoms with van der Waals surface area (Å²) in [7, 11) is 0. The van der Waals surface area contributed by atoms with Crippen molar-refractivity contribution in [3.05, 3.63) is 233 Å². The number of nitrogen functional groups attached to an aromatic ring is 1. The molecule has 0 spiro atoms. The van der Waals surface area contributed by atoms with Crippen molar-refractivity contribution >= 4 is 134 Å². The van der Waals surface area contributed by atoms with Gasteiger partial charge in [0.2, 0.25) is 0 Å². The van der Waals surface area contributed by atoms with E-state index in [1.165, 1.54) is 53.0 Å². The van der Waals surface area contributed by atoms with Crippen LogP contribution in [0.4, 0.5) is 17.3 Å². The van der Waals surface area contributed by atoms with Gasteiger partial charge in [-0.05, 0) is 124 Å². The minimum absolute atomic E-state index is 0.0330. The molecule has 0 aliphatic carbocycles. The fourth-order valence-electron chi connectivity index (χ4n) is 7.30. The summed E-state index contributed by atoms with van der Waals surface area (Å²) in [5, 5.41) is 11.3. The molecule has 3 aromatic carbocycles. The molecule has 0 fully saturated rings. The number of primary amides is 1. The predicted octanol–water partition coefficient (Wildman–Crippen LogP) is 9.81.